The first-order valence-corrected chi connectivity index (χ1v) is 4.76. The van der Waals surface area contributed by atoms with Crippen LogP contribution in [0, 0.1) is 11.3 Å². The van der Waals surface area contributed by atoms with Crippen molar-refractivity contribution in [3.63, 3.8) is 0 Å². The maximum atomic E-state index is 9.01. The Labute approximate surface area is 89.2 Å². The quantitative estimate of drug-likeness (QED) is 0.694. The van der Waals surface area contributed by atoms with E-state index in [0.29, 0.717) is 5.57 Å². The fourth-order valence-electron chi connectivity index (χ4n) is 1.60. The number of benzene rings is 1. The lowest BCUT2D eigenvalue weighted by molar-refractivity contribution is 0.0981. The molecular formula is C12H12N2O. The van der Waals surface area contributed by atoms with Crippen LogP contribution in [-0.2, 0) is 0 Å². The van der Waals surface area contributed by atoms with Gasteiger partial charge < -0.3 is 4.74 Å². The fourth-order valence-corrected chi connectivity index (χ4v) is 1.60. The molecule has 3 heteroatoms. The minimum absolute atomic E-state index is 0.273. The summed E-state index contributed by atoms with van der Waals surface area (Å²) in [4.78, 5) is 1.88. The van der Waals surface area contributed by atoms with Crippen LogP contribution in [0.1, 0.15) is 5.56 Å². The van der Waals surface area contributed by atoms with Gasteiger partial charge in [0.25, 0.3) is 0 Å². The van der Waals surface area contributed by atoms with Gasteiger partial charge in [0.15, 0.2) is 6.23 Å². The standard InChI is InChI=1S/C12H12N2O/c1-14(2)12-10(8-13)7-9-5-3-4-6-11(9)15-12/h3-7,12H,1-2H3. The van der Waals surface area contributed by atoms with Gasteiger partial charge >= 0.3 is 0 Å². The average Bonchev–Trinajstić information content (AvgIpc) is 2.27. The van der Waals surface area contributed by atoms with Crippen molar-refractivity contribution in [1.82, 2.24) is 4.90 Å². The molecule has 1 aromatic rings. The third kappa shape index (κ3) is 1.72. The number of nitrogens with zero attached hydrogens (tertiary/aromatic N) is 2. The molecule has 0 N–H and O–H groups in total. The van der Waals surface area contributed by atoms with E-state index in [1.165, 1.54) is 0 Å². The minimum Gasteiger partial charge on any atom is -0.470 e. The summed E-state index contributed by atoms with van der Waals surface area (Å²) in [7, 11) is 3.79. The normalized spacial score (nSPS) is 18.8. The Hall–Kier alpha value is -1.79. The highest BCUT2D eigenvalue weighted by Gasteiger charge is 2.23. The van der Waals surface area contributed by atoms with E-state index >= 15 is 0 Å². The molecule has 3 nitrogen and oxygen atoms in total. The highest BCUT2D eigenvalue weighted by atomic mass is 16.5. The summed E-state index contributed by atoms with van der Waals surface area (Å²) in [6, 6.07) is 9.89. The summed E-state index contributed by atoms with van der Waals surface area (Å²) in [5.41, 5.74) is 1.60. The minimum atomic E-state index is -0.273. The van der Waals surface area contributed by atoms with E-state index in [-0.39, 0.29) is 6.23 Å². The molecule has 0 aromatic heterocycles. The number of nitriles is 1. The molecule has 15 heavy (non-hydrogen) atoms. The highest BCUT2D eigenvalue weighted by Crippen LogP contribution is 2.29. The monoisotopic (exact) mass is 200 g/mol. The van der Waals surface area contributed by atoms with Crippen molar-refractivity contribution in [1.29, 1.82) is 5.26 Å². The second-order valence-electron chi connectivity index (χ2n) is 3.68. The molecule has 0 bridgehead atoms. The average molecular weight is 200 g/mol. The summed E-state index contributed by atoms with van der Waals surface area (Å²) in [6.45, 7) is 0. The molecule has 0 saturated carbocycles. The van der Waals surface area contributed by atoms with Crippen LogP contribution in [0.3, 0.4) is 0 Å². The SMILES string of the molecule is CN(C)C1Oc2ccccc2C=C1C#N. The lowest BCUT2D eigenvalue weighted by Gasteiger charge is -2.28. The molecule has 1 aromatic carbocycles. The molecule has 0 fully saturated rings. The molecule has 0 amide bonds. The van der Waals surface area contributed by atoms with Crippen LogP contribution >= 0.6 is 0 Å². The van der Waals surface area contributed by atoms with Crippen molar-refractivity contribution < 1.29 is 4.74 Å². The first-order valence-electron chi connectivity index (χ1n) is 4.76. The van der Waals surface area contributed by atoms with Crippen molar-refractivity contribution in [2.24, 2.45) is 0 Å². The molecule has 1 heterocycles. The number of para-hydroxylation sites is 1. The number of fused-ring (bicyclic) bond motifs is 1. The Morgan fingerprint density at radius 1 is 1.33 bits per heavy atom. The smallest absolute Gasteiger partial charge is 0.188 e. The van der Waals surface area contributed by atoms with Gasteiger partial charge in [-0.05, 0) is 26.2 Å². The van der Waals surface area contributed by atoms with Crippen LogP contribution in [0.25, 0.3) is 6.08 Å². The zero-order chi connectivity index (χ0) is 10.8. The largest absolute Gasteiger partial charge is 0.470 e. The maximum Gasteiger partial charge on any atom is 0.188 e. The topological polar surface area (TPSA) is 36.3 Å². The van der Waals surface area contributed by atoms with E-state index in [1.54, 1.807) is 0 Å². The first-order chi connectivity index (χ1) is 7.22. The van der Waals surface area contributed by atoms with E-state index in [0.717, 1.165) is 11.3 Å². The predicted molar refractivity (Wildman–Crippen MR) is 58.1 cm³/mol. The molecule has 0 radical (unpaired) electrons. The van der Waals surface area contributed by atoms with Crippen LogP contribution in [-0.4, -0.2) is 25.2 Å². The molecule has 2 rings (SSSR count). The number of likely N-dealkylation sites (N-methyl/N-ethyl adjacent to an activating group) is 1. The Bertz CT molecular complexity index is 443. The molecule has 0 aliphatic carbocycles. The molecule has 0 spiro atoms. The third-order valence-electron chi connectivity index (χ3n) is 2.33. The van der Waals surface area contributed by atoms with Gasteiger partial charge in [0.1, 0.15) is 11.8 Å². The van der Waals surface area contributed by atoms with Crippen LogP contribution in [0.4, 0.5) is 0 Å². The molecule has 0 saturated heterocycles. The maximum absolute atomic E-state index is 9.01. The molecule has 1 aliphatic heterocycles. The van der Waals surface area contributed by atoms with Crippen molar-refractivity contribution in [2.45, 2.75) is 6.23 Å². The van der Waals surface area contributed by atoms with Crippen molar-refractivity contribution in [3.05, 3.63) is 35.4 Å². The van der Waals surface area contributed by atoms with E-state index in [9.17, 15) is 0 Å². The van der Waals surface area contributed by atoms with Gasteiger partial charge in [-0.3, -0.25) is 4.90 Å². The summed E-state index contributed by atoms with van der Waals surface area (Å²) in [6.07, 6.45) is 1.61. The molecule has 1 aliphatic rings. The van der Waals surface area contributed by atoms with Crippen molar-refractivity contribution in [3.8, 4) is 11.8 Å². The van der Waals surface area contributed by atoms with Gasteiger partial charge in [0.05, 0.1) is 5.57 Å². The Morgan fingerprint density at radius 2 is 2.07 bits per heavy atom. The number of hydrogen-bond acceptors (Lipinski definition) is 3. The molecule has 1 unspecified atom stereocenters. The summed E-state index contributed by atoms with van der Waals surface area (Å²) in [5.74, 6) is 0.829. The Kier molecular flexibility index (Phi) is 2.44. The summed E-state index contributed by atoms with van der Waals surface area (Å²) >= 11 is 0. The van der Waals surface area contributed by atoms with E-state index in [2.05, 4.69) is 6.07 Å². The van der Waals surface area contributed by atoms with Crippen molar-refractivity contribution in [2.75, 3.05) is 14.1 Å². The Morgan fingerprint density at radius 3 is 2.73 bits per heavy atom. The van der Waals surface area contributed by atoms with Crippen LogP contribution in [0.15, 0.2) is 29.8 Å². The van der Waals surface area contributed by atoms with Gasteiger partial charge in [-0.25, -0.2) is 0 Å². The predicted octanol–water partition coefficient (Wildman–Crippen LogP) is 1.87. The molecular weight excluding hydrogens is 188 g/mol. The second kappa shape index (κ2) is 3.76. The molecule has 76 valence electrons. The summed E-state index contributed by atoms with van der Waals surface area (Å²) in [5, 5.41) is 9.01. The number of ether oxygens (including phenoxy) is 1. The summed E-state index contributed by atoms with van der Waals surface area (Å²) < 4.78 is 5.73. The second-order valence-corrected chi connectivity index (χ2v) is 3.68. The van der Waals surface area contributed by atoms with Crippen LogP contribution in [0.5, 0.6) is 5.75 Å². The third-order valence-corrected chi connectivity index (χ3v) is 2.33. The number of hydrogen-bond donors (Lipinski definition) is 0. The van der Waals surface area contributed by atoms with E-state index in [1.807, 2.05) is 49.3 Å². The lowest BCUT2D eigenvalue weighted by Crippen LogP contribution is -2.36. The fraction of sp³-hybridized carbons (Fsp3) is 0.250. The zero-order valence-corrected chi connectivity index (χ0v) is 8.77. The van der Waals surface area contributed by atoms with Gasteiger partial charge in [-0.15, -0.1) is 0 Å². The van der Waals surface area contributed by atoms with Crippen LogP contribution in [0.2, 0.25) is 0 Å². The van der Waals surface area contributed by atoms with E-state index in [4.69, 9.17) is 10.00 Å². The van der Waals surface area contributed by atoms with E-state index < -0.39 is 0 Å². The highest BCUT2D eigenvalue weighted by molar-refractivity contribution is 5.65. The number of rotatable bonds is 1. The van der Waals surface area contributed by atoms with Crippen LogP contribution < -0.4 is 4.74 Å². The van der Waals surface area contributed by atoms with Gasteiger partial charge in [-0.2, -0.15) is 5.26 Å². The lowest BCUT2D eigenvalue weighted by atomic mass is 10.1. The van der Waals surface area contributed by atoms with Crippen molar-refractivity contribution >= 4 is 6.08 Å². The Balaban J connectivity index is 2.45. The van der Waals surface area contributed by atoms with Gasteiger partial charge in [-0.1, -0.05) is 18.2 Å². The molecule has 1 atom stereocenters. The van der Waals surface area contributed by atoms with Gasteiger partial charge in [0.2, 0.25) is 0 Å². The first kappa shape index (κ1) is 9.75. The van der Waals surface area contributed by atoms with Gasteiger partial charge in [0, 0.05) is 5.56 Å². The zero-order valence-electron chi connectivity index (χ0n) is 8.77.